The summed E-state index contributed by atoms with van der Waals surface area (Å²) in [5.41, 5.74) is -4.49. The molecule has 2 aliphatic heterocycles. The number of hydrogen-bond acceptors (Lipinski definition) is 8. The van der Waals surface area contributed by atoms with Crippen molar-refractivity contribution in [2.45, 2.75) is 50.0 Å². The monoisotopic (exact) mass is 755 g/mol. The number of alkyl halides is 2. The van der Waals surface area contributed by atoms with Gasteiger partial charge in [-0.1, -0.05) is 42.5 Å². The molecule has 2 aliphatic rings. The number of anilines is 1. The molecular formula is C34H32F2N5O9PS. The van der Waals surface area contributed by atoms with Crippen molar-refractivity contribution in [3.8, 4) is 11.1 Å². The van der Waals surface area contributed by atoms with Gasteiger partial charge in [-0.2, -0.15) is 8.78 Å². The molecule has 2 fully saturated rings. The minimum Gasteiger partial charge on any atom is -0.340 e. The number of fused-ring (bicyclic) bond motifs is 2. The van der Waals surface area contributed by atoms with Crippen molar-refractivity contribution < 1.29 is 47.2 Å². The lowest BCUT2D eigenvalue weighted by Crippen LogP contribution is -2.60. The fourth-order valence-corrected chi connectivity index (χ4v) is 8.00. The van der Waals surface area contributed by atoms with Gasteiger partial charge in [0.2, 0.25) is 17.7 Å². The highest BCUT2D eigenvalue weighted by atomic mass is 32.1. The van der Waals surface area contributed by atoms with Crippen LogP contribution in [0.15, 0.2) is 72.8 Å². The van der Waals surface area contributed by atoms with E-state index in [0.29, 0.717) is 23.1 Å². The second-order valence-electron chi connectivity index (χ2n) is 12.6. The normalized spacial score (nSPS) is 19.5. The maximum Gasteiger partial charge on any atom is 0.399 e. The molecule has 3 atom stereocenters. The molecule has 1 aromatic heterocycles. The van der Waals surface area contributed by atoms with Crippen LogP contribution in [0.2, 0.25) is 0 Å². The Morgan fingerprint density at radius 3 is 2.40 bits per heavy atom. The van der Waals surface area contributed by atoms with Crippen molar-refractivity contribution in [1.82, 2.24) is 15.1 Å². The van der Waals surface area contributed by atoms with E-state index in [0.717, 1.165) is 29.0 Å². The van der Waals surface area contributed by atoms with E-state index in [9.17, 15) is 42.6 Å². The van der Waals surface area contributed by atoms with Crippen LogP contribution in [0.3, 0.4) is 0 Å². The summed E-state index contributed by atoms with van der Waals surface area (Å²) in [5, 5.41) is 17.4. The predicted octanol–water partition coefficient (Wildman–Crippen LogP) is 5.05. The van der Waals surface area contributed by atoms with E-state index < -0.39 is 59.6 Å². The van der Waals surface area contributed by atoms with Gasteiger partial charge in [0.15, 0.2) is 0 Å². The summed E-state index contributed by atoms with van der Waals surface area (Å²) in [6.45, 7) is 1.31. The zero-order chi connectivity index (χ0) is 37.5. The summed E-state index contributed by atoms with van der Waals surface area (Å²) >= 11 is 0.892. The van der Waals surface area contributed by atoms with E-state index in [1.165, 1.54) is 41.0 Å². The standard InChI is InChI=1S/C34H32F2N5O9PS/c1-19(42)39-14-13-24-9-11-27(31(43)37-25-10-7-21(16-28(25)41(46)47)20-5-3-2-4-6-20)40(24)33(45)26(18-39)38-32(44)30-17-22-15-23(8-12-29(22)52-30)34(35,36)51(48,49)50/h2-8,10,12,15-17,24,26-27H,9,11,13-14,18H2,1H3,(H,37,43)(H,38,44)(H2,48,49,50)/t24-,26+,27+/m1/s1. The minimum absolute atomic E-state index is 0.00518. The van der Waals surface area contributed by atoms with Gasteiger partial charge in [0, 0.05) is 42.4 Å². The van der Waals surface area contributed by atoms with Crippen LogP contribution in [0.25, 0.3) is 21.2 Å². The molecule has 18 heteroatoms. The van der Waals surface area contributed by atoms with Crippen LogP contribution in [-0.2, 0) is 24.6 Å². The Hall–Kier alpha value is -5.09. The maximum absolute atomic E-state index is 14.4. The van der Waals surface area contributed by atoms with E-state index in [1.54, 1.807) is 30.3 Å². The SMILES string of the molecule is CC(=O)N1CC[C@H]2CC[C@@H](C(=O)Nc3ccc(-c4ccccc4)cc3[N+](=O)[O-])N2C(=O)[C@@H](NC(=O)c2cc3cc(C(F)(F)P(=O)(O)O)ccc3s2)C1. The van der Waals surface area contributed by atoms with E-state index in [1.807, 2.05) is 6.07 Å². The molecule has 6 rings (SSSR count). The number of thiophene rings is 1. The summed E-state index contributed by atoms with van der Waals surface area (Å²) < 4.78 is 40.5. The Morgan fingerprint density at radius 1 is 1.00 bits per heavy atom. The van der Waals surface area contributed by atoms with Crippen LogP contribution in [0.4, 0.5) is 20.2 Å². The van der Waals surface area contributed by atoms with E-state index in [4.69, 9.17) is 9.79 Å². The number of rotatable bonds is 8. The van der Waals surface area contributed by atoms with Crippen molar-refractivity contribution in [3.63, 3.8) is 0 Å². The topological polar surface area (TPSA) is 199 Å². The average Bonchev–Trinajstić information content (AvgIpc) is 3.72. The smallest absolute Gasteiger partial charge is 0.340 e. The Bertz CT molecular complexity index is 2140. The second kappa shape index (κ2) is 14.1. The van der Waals surface area contributed by atoms with Crippen molar-refractivity contribution >= 4 is 64.0 Å². The molecule has 2 saturated heterocycles. The first-order valence-corrected chi connectivity index (χ1v) is 18.5. The van der Waals surface area contributed by atoms with Crippen LogP contribution >= 0.6 is 18.9 Å². The number of hydrogen-bond donors (Lipinski definition) is 4. The molecule has 0 aliphatic carbocycles. The Labute approximate surface area is 298 Å². The quantitative estimate of drug-likeness (QED) is 0.108. The molecule has 3 aromatic carbocycles. The van der Waals surface area contributed by atoms with Crippen LogP contribution < -0.4 is 10.6 Å². The van der Waals surface area contributed by atoms with E-state index >= 15 is 0 Å². The predicted molar refractivity (Wildman–Crippen MR) is 187 cm³/mol. The third-order valence-corrected chi connectivity index (χ3v) is 11.4. The highest BCUT2D eigenvalue weighted by molar-refractivity contribution is 7.52. The summed E-state index contributed by atoms with van der Waals surface area (Å²) in [5.74, 6) is -2.44. The maximum atomic E-state index is 14.4. The van der Waals surface area contributed by atoms with Gasteiger partial charge >= 0.3 is 13.3 Å². The molecule has 14 nitrogen and oxygen atoms in total. The molecule has 0 saturated carbocycles. The zero-order valence-corrected chi connectivity index (χ0v) is 29.1. The van der Waals surface area contributed by atoms with Crippen LogP contribution in [0.1, 0.15) is 41.4 Å². The van der Waals surface area contributed by atoms with Gasteiger partial charge in [0.05, 0.1) is 9.80 Å². The first-order chi connectivity index (χ1) is 24.5. The molecule has 0 spiro atoms. The summed E-state index contributed by atoms with van der Waals surface area (Å²) in [6.07, 6.45) is 0.958. The van der Waals surface area contributed by atoms with Gasteiger partial charge in [0.25, 0.3) is 11.6 Å². The molecular weight excluding hydrogens is 723 g/mol. The molecule has 3 heterocycles. The minimum atomic E-state index is -5.84. The van der Waals surface area contributed by atoms with Crippen molar-refractivity contribution in [1.29, 1.82) is 0 Å². The first-order valence-electron chi connectivity index (χ1n) is 16.1. The van der Waals surface area contributed by atoms with Crippen molar-refractivity contribution in [3.05, 3.63) is 93.4 Å². The van der Waals surface area contributed by atoms with Gasteiger partial charge in [-0.15, -0.1) is 11.3 Å². The molecule has 0 unspecified atom stereocenters. The van der Waals surface area contributed by atoms with Crippen LogP contribution in [-0.4, -0.2) is 79.4 Å². The summed E-state index contributed by atoms with van der Waals surface area (Å²) in [6, 6.07) is 14.7. The van der Waals surface area contributed by atoms with Gasteiger partial charge < -0.3 is 30.2 Å². The first kappa shape index (κ1) is 36.7. The largest absolute Gasteiger partial charge is 0.399 e. The zero-order valence-electron chi connectivity index (χ0n) is 27.4. The fourth-order valence-electron chi connectivity index (χ4n) is 6.58. The fraction of sp³-hybridized carbons (Fsp3) is 0.294. The lowest BCUT2D eigenvalue weighted by Gasteiger charge is -2.38. The van der Waals surface area contributed by atoms with Gasteiger partial charge in [-0.3, -0.25) is 33.9 Å². The van der Waals surface area contributed by atoms with Crippen molar-refractivity contribution in [2.24, 2.45) is 0 Å². The molecule has 4 amide bonds. The lowest BCUT2D eigenvalue weighted by molar-refractivity contribution is -0.383. The molecule has 272 valence electrons. The van der Waals surface area contributed by atoms with Gasteiger partial charge in [0.1, 0.15) is 17.8 Å². The molecule has 4 aromatic rings. The molecule has 4 N–H and O–H groups in total. The third kappa shape index (κ3) is 7.17. The number of nitrogens with zero attached hydrogens (tertiary/aromatic N) is 3. The van der Waals surface area contributed by atoms with Crippen LogP contribution in [0, 0.1) is 10.1 Å². The highest BCUT2D eigenvalue weighted by Gasteiger charge is 2.50. The summed E-state index contributed by atoms with van der Waals surface area (Å²) in [4.78, 5) is 86.4. The number of halogens is 2. The Kier molecular flexibility index (Phi) is 9.98. The number of carbonyl (C=O) groups is 4. The van der Waals surface area contributed by atoms with Crippen LogP contribution in [0.5, 0.6) is 0 Å². The molecule has 52 heavy (non-hydrogen) atoms. The number of nitro benzene ring substituents is 1. The lowest BCUT2D eigenvalue weighted by atomic mass is 10.0. The van der Waals surface area contributed by atoms with E-state index in [-0.39, 0.29) is 47.1 Å². The number of benzene rings is 3. The number of carbonyl (C=O) groups excluding carboxylic acids is 4. The van der Waals surface area contributed by atoms with Gasteiger partial charge in [-0.25, -0.2) is 0 Å². The number of amides is 4. The van der Waals surface area contributed by atoms with Crippen molar-refractivity contribution in [2.75, 3.05) is 18.4 Å². The number of nitro groups is 1. The second-order valence-corrected chi connectivity index (χ2v) is 15.3. The molecule has 0 radical (unpaired) electrons. The third-order valence-electron chi connectivity index (χ3n) is 9.26. The van der Waals surface area contributed by atoms with E-state index in [2.05, 4.69) is 10.6 Å². The number of nitrogens with one attached hydrogen (secondary N) is 2. The highest BCUT2D eigenvalue weighted by Crippen LogP contribution is 2.59. The Morgan fingerprint density at radius 2 is 1.73 bits per heavy atom. The average molecular weight is 756 g/mol. The summed E-state index contributed by atoms with van der Waals surface area (Å²) in [7, 11) is -5.84. The molecule has 0 bridgehead atoms. The Balaban J connectivity index is 1.25. The van der Waals surface area contributed by atoms with Gasteiger partial charge in [-0.05, 0) is 60.0 Å².